The number of hydrogen-bond acceptors (Lipinski definition) is 3. The van der Waals surface area contributed by atoms with Gasteiger partial charge in [-0.05, 0) is 36.1 Å². The molecule has 0 aliphatic carbocycles. The number of benzene rings is 1. The van der Waals surface area contributed by atoms with E-state index in [2.05, 4.69) is 36.7 Å². The van der Waals surface area contributed by atoms with Crippen LogP contribution < -0.4 is 10.1 Å². The Kier molecular flexibility index (Phi) is 4.75. The van der Waals surface area contributed by atoms with Crippen LogP contribution in [0.25, 0.3) is 0 Å². The molecular formula is C14H21NOS. The van der Waals surface area contributed by atoms with Gasteiger partial charge in [-0.15, -0.1) is 0 Å². The maximum Gasteiger partial charge on any atom is 0.123 e. The SMILES string of the molecule is CSCC(C)CNCC1Cc2ccccc2O1. The van der Waals surface area contributed by atoms with Gasteiger partial charge in [0.25, 0.3) is 0 Å². The van der Waals surface area contributed by atoms with Crippen LogP contribution >= 0.6 is 11.8 Å². The molecule has 2 rings (SSSR count). The smallest absolute Gasteiger partial charge is 0.123 e. The zero-order valence-electron chi connectivity index (χ0n) is 10.6. The third kappa shape index (κ3) is 3.65. The molecule has 0 radical (unpaired) electrons. The molecule has 0 saturated heterocycles. The molecule has 1 aliphatic heterocycles. The fourth-order valence-corrected chi connectivity index (χ4v) is 2.89. The van der Waals surface area contributed by atoms with E-state index in [0.29, 0.717) is 6.10 Å². The van der Waals surface area contributed by atoms with Crippen LogP contribution in [0, 0.1) is 5.92 Å². The summed E-state index contributed by atoms with van der Waals surface area (Å²) in [7, 11) is 0. The largest absolute Gasteiger partial charge is 0.488 e. The second kappa shape index (κ2) is 6.31. The number of hydrogen-bond donors (Lipinski definition) is 1. The zero-order chi connectivity index (χ0) is 12.1. The Morgan fingerprint density at radius 2 is 2.29 bits per heavy atom. The molecular weight excluding hydrogens is 230 g/mol. The highest BCUT2D eigenvalue weighted by atomic mass is 32.2. The van der Waals surface area contributed by atoms with Crippen molar-refractivity contribution in [1.29, 1.82) is 0 Å². The van der Waals surface area contributed by atoms with Crippen LogP contribution in [0.3, 0.4) is 0 Å². The molecule has 0 bridgehead atoms. The first-order valence-electron chi connectivity index (χ1n) is 6.24. The molecule has 94 valence electrons. The lowest BCUT2D eigenvalue weighted by Gasteiger charge is -2.14. The Hall–Kier alpha value is -0.670. The summed E-state index contributed by atoms with van der Waals surface area (Å²) in [5.74, 6) is 3.02. The number of fused-ring (bicyclic) bond motifs is 1. The van der Waals surface area contributed by atoms with E-state index < -0.39 is 0 Å². The lowest BCUT2D eigenvalue weighted by Crippen LogP contribution is -2.33. The van der Waals surface area contributed by atoms with Crippen molar-refractivity contribution < 1.29 is 4.74 Å². The van der Waals surface area contributed by atoms with Crippen molar-refractivity contribution in [3.8, 4) is 5.75 Å². The van der Waals surface area contributed by atoms with Crippen LogP contribution in [0.2, 0.25) is 0 Å². The highest BCUT2D eigenvalue weighted by Gasteiger charge is 2.21. The molecule has 2 nitrogen and oxygen atoms in total. The van der Waals surface area contributed by atoms with Crippen LogP contribution in [0.15, 0.2) is 24.3 Å². The van der Waals surface area contributed by atoms with Gasteiger partial charge in [0.05, 0.1) is 0 Å². The standard InChI is InChI=1S/C14H21NOS/c1-11(10-17-2)8-15-9-13-7-12-5-3-4-6-14(12)16-13/h3-6,11,13,15H,7-10H2,1-2H3. The van der Waals surface area contributed by atoms with E-state index in [1.165, 1.54) is 11.3 Å². The summed E-state index contributed by atoms with van der Waals surface area (Å²) < 4.78 is 5.88. The lowest BCUT2D eigenvalue weighted by atomic mass is 10.1. The van der Waals surface area contributed by atoms with Crippen LogP contribution in [0.4, 0.5) is 0 Å². The molecule has 1 aromatic rings. The van der Waals surface area contributed by atoms with Gasteiger partial charge >= 0.3 is 0 Å². The summed E-state index contributed by atoms with van der Waals surface area (Å²) in [5.41, 5.74) is 1.34. The second-order valence-electron chi connectivity index (χ2n) is 4.77. The molecule has 2 atom stereocenters. The molecule has 17 heavy (non-hydrogen) atoms. The minimum absolute atomic E-state index is 0.314. The highest BCUT2D eigenvalue weighted by Crippen LogP contribution is 2.27. The fraction of sp³-hybridized carbons (Fsp3) is 0.571. The molecule has 2 unspecified atom stereocenters. The fourth-order valence-electron chi connectivity index (χ4n) is 2.20. The maximum atomic E-state index is 5.88. The predicted octanol–water partition coefficient (Wildman–Crippen LogP) is 2.58. The van der Waals surface area contributed by atoms with Crippen molar-refractivity contribution in [1.82, 2.24) is 5.32 Å². The number of ether oxygens (including phenoxy) is 1. The minimum atomic E-state index is 0.314. The van der Waals surface area contributed by atoms with E-state index in [0.717, 1.165) is 31.2 Å². The van der Waals surface area contributed by atoms with Gasteiger partial charge in [0.1, 0.15) is 11.9 Å². The maximum absolute atomic E-state index is 5.88. The number of para-hydroxylation sites is 1. The van der Waals surface area contributed by atoms with Gasteiger partial charge in [-0.2, -0.15) is 11.8 Å². The Morgan fingerprint density at radius 1 is 1.47 bits per heavy atom. The second-order valence-corrected chi connectivity index (χ2v) is 5.68. The predicted molar refractivity (Wildman–Crippen MR) is 75.0 cm³/mol. The lowest BCUT2D eigenvalue weighted by molar-refractivity contribution is 0.226. The third-order valence-corrected chi connectivity index (χ3v) is 3.93. The Morgan fingerprint density at radius 3 is 3.06 bits per heavy atom. The van der Waals surface area contributed by atoms with Crippen molar-refractivity contribution in [3.05, 3.63) is 29.8 Å². The third-order valence-electron chi connectivity index (χ3n) is 3.03. The Labute approximate surface area is 108 Å². The van der Waals surface area contributed by atoms with Gasteiger partial charge in [-0.3, -0.25) is 0 Å². The average Bonchev–Trinajstić information content (AvgIpc) is 2.71. The normalized spacial score (nSPS) is 19.8. The first-order valence-corrected chi connectivity index (χ1v) is 7.63. The average molecular weight is 251 g/mol. The van der Waals surface area contributed by atoms with Crippen LogP contribution in [0.1, 0.15) is 12.5 Å². The summed E-state index contributed by atoms with van der Waals surface area (Å²) in [6.45, 7) is 4.32. The molecule has 0 fully saturated rings. The van der Waals surface area contributed by atoms with Crippen molar-refractivity contribution in [3.63, 3.8) is 0 Å². The van der Waals surface area contributed by atoms with E-state index in [9.17, 15) is 0 Å². The van der Waals surface area contributed by atoms with Crippen LogP contribution in [0.5, 0.6) is 5.75 Å². The Bertz CT molecular complexity index is 331. The van der Waals surface area contributed by atoms with Crippen LogP contribution in [-0.2, 0) is 6.42 Å². The highest BCUT2D eigenvalue weighted by molar-refractivity contribution is 7.98. The summed E-state index contributed by atoms with van der Waals surface area (Å²) in [6.07, 6.45) is 3.52. The van der Waals surface area contributed by atoms with E-state index in [1.807, 2.05) is 17.8 Å². The molecule has 0 aromatic heterocycles. The summed E-state index contributed by atoms with van der Waals surface area (Å²) in [5, 5.41) is 3.51. The molecule has 1 heterocycles. The van der Waals surface area contributed by atoms with Crippen molar-refractivity contribution in [2.75, 3.05) is 25.1 Å². The number of thioether (sulfide) groups is 1. The van der Waals surface area contributed by atoms with Gasteiger partial charge in [0, 0.05) is 13.0 Å². The van der Waals surface area contributed by atoms with E-state index in [1.54, 1.807) is 0 Å². The molecule has 0 amide bonds. The summed E-state index contributed by atoms with van der Waals surface area (Å²) in [6, 6.07) is 8.34. The molecule has 1 N–H and O–H groups in total. The number of rotatable bonds is 6. The van der Waals surface area contributed by atoms with E-state index >= 15 is 0 Å². The first-order chi connectivity index (χ1) is 8.29. The molecule has 1 aliphatic rings. The van der Waals surface area contributed by atoms with Gasteiger partial charge < -0.3 is 10.1 Å². The minimum Gasteiger partial charge on any atom is -0.488 e. The summed E-state index contributed by atoms with van der Waals surface area (Å²) >= 11 is 1.91. The van der Waals surface area contributed by atoms with Gasteiger partial charge in [0.15, 0.2) is 0 Å². The van der Waals surface area contributed by atoms with Crippen molar-refractivity contribution in [2.45, 2.75) is 19.4 Å². The van der Waals surface area contributed by atoms with Crippen LogP contribution in [-0.4, -0.2) is 31.2 Å². The molecule has 0 spiro atoms. The summed E-state index contributed by atoms with van der Waals surface area (Å²) in [4.78, 5) is 0. The quantitative estimate of drug-likeness (QED) is 0.839. The molecule has 1 aromatic carbocycles. The topological polar surface area (TPSA) is 21.3 Å². The Balaban J connectivity index is 1.70. The molecule has 3 heteroatoms. The van der Waals surface area contributed by atoms with Crippen molar-refractivity contribution in [2.24, 2.45) is 5.92 Å². The zero-order valence-corrected chi connectivity index (χ0v) is 11.4. The van der Waals surface area contributed by atoms with E-state index in [-0.39, 0.29) is 0 Å². The number of nitrogens with one attached hydrogen (secondary N) is 1. The van der Waals surface area contributed by atoms with Gasteiger partial charge in [0.2, 0.25) is 0 Å². The van der Waals surface area contributed by atoms with E-state index in [4.69, 9.17) is 4.74 Å². The first kappa shape index (κ1) is 12.8. The van der Waals surface area contributed by atoms with Gasteiger partial charge in [-0.1, -0.05) is 25.1 Å². The van der Waals surface area contributed by atoms with Crippen molar-refractivity contribution >= 4 is 11.8 Å². The van der Waals surface area contributed by atoms with Gasteiger partial charge in [-0.25, -0.2) is 0 Å². The molecule has 0 saturated carbocycles. The monoisotopic (exact) mass is 251 g/mol.